The lowest BCUT2D eigenvalue weighted by Crippen LogP contribution is -2.04. The molecular weight excluding hydrogens is 283 g/mol. The zero-order valence-electron chi connectivity index (χ0n) is 11.9. The van der Waals surface area contributed by atoms with Gasteiger partial charge >= 0.3 is 6.18 Å². The Bertz CT molecular complexity index is 630. The van der Waals surface area contributed by atoms with Crippen LogP contribution in [-0.2, 0) is 13.2 Å². The van der Waals surface area contributed by atoms with Crippen LogP contribution >= 0.6 is 0 Å². The normalized spacial score (nSPS) is 12.0. The number of hydrogen-bond donors (Lipinski definition) is 1. The number of aromatic nitrogens is 2. The van der Waals surface area contributed by atoms with Gasteiger partial charge in [-0.1, -0.05) is 13.8 Å². The first-order chi connectivity index (χ1) is 9.70. The van der Waals surface area contributed by atoms with Crippen molar-refractivity contribution in [1.82, 2.24) is 9.78 Å². The van der Waals surface area contributed by atoms with Crippen LogP contribution in [0.15, 0.2) is 24.3 Å². The fraction of sp³-hybridized carbons (Fsp3) is 0.357. The Hall–Kier alpha value is -2.18. The van der Waals surface area contributed by atoms with E-state index in [0.717, 1.165) is 12.1 Å². The monoisotopic (exact) mass is 299 g/mol. The number of anilines is 1. The highest BCUT2D eigenvalue weighted by molar-refractivity contribution is 5.55. The Kier molecular flexibility index (Phi) is 3.85. The lowest BCUT2D eigenvalue weighted by molar-refractivity contribution is -0.137. The second-order valence-corrected chi connectivity index (χ2v) is 5.01. The summed E-state index contributed by atoms with van der Waals surface area (Å²) in [5, 5.41) is 4.25. The molecule has 0 amide bonds. The van der Waals surface area contributed by atoms with E-state index in [1.165, 1.54) is 16.8 Å². The third kappa shape index (κ3) is 3.12. The molecule has 0 bridgehead atoms. The fourth-order valence-corrected chi connectivity index (χ4v) is 1.92. The number of hydrogen-bond acceptors (Lipinski definition) is 3. The molecule has 0 unspecified atom stereocenters. The lowest BCUT2D eigenvalue weighted by Gasteiger charge is -2.09. The minimum absolute atomic E-state index is 0.126. The average Bonchev–Trinajstić information content (AvgIpc) is 2.66. The highest BCUT2D eigenvalue weighted by atomic mass is 19.4. The van der Waals surface area contributed by atoms with Gasteiger partial charge < -0.3 is 10.5 Å². The van der Waals surface area contributed by atoms with Crippen molar-refractivity contribution >= 4 is 5.69 Å². The predicted molar refractivity (Wildman–Crippen MR) is 73.2 cm³/mol. The molecular formula is C14H16F3N3O. The summed E-state index contributed by atoms with van der Waals surface area (Å²) in [5.41, 5.74) is 6.33. The molecule has 0 saturated carbocycles. The Morgan fingerprint density at radius 1 is 1.19 bits per heavy atom. The Labute approximate surface area is 120 Å². The van der Waals surface area contributed by atoms with E-state index in [2.05, 4.69) is 5.10 Å². The number of rotatable bonds is 3. The molecule has 114 valence electrons. The van der Waals surface area contributed by atoms with Crippen LogP contribution in [0.25, 0.3) is 0 Å². The van der Waals surface area contributed by atoms with E-state index < -0.39 is 11.7 Å². The van der Waals surface area contributed by atoms with Crippen LogP contribution in [0.3, 0.4) is 0 Å². The van der Waals surface area contributed by atoms with Gasteiger partial charge in [0.2, 0.25) is 5.88 Å². The molecule has 1 aromatic heterocycles. The largest absolute Gasteiger partial charge is 0.437 e. The molecule has 1 heterocycles. The summed E-state index contributed by atoms with van der Waals surface area (Å²) in [4.78, 5) is 0. The molecule has 0 aliphatic rings. The van der Waals surface area contributed by atoms with Gasteiger partial charge in [0.1, 0.15) is 11.4 Å². The Morgan fingerprint density at radius 2 is 1.76 bits per heavy atom. The first-order valence-electron chi connectivity index (χ1n) is 6.37. The van der Waals surface area contributed by atoms with Crippen LogP contribution in [0.2, 0.25) is 0 Å². The van der Waals surface area contributed by atoms with E-state index in [1.54, 1.807) is 7.05 Å². The number of aryl methyl sites for hydroxylation is 1. The van der Waals surface area contributed by atoms with Gasteiger partial charge in [0.15, 0.2) is 0 Å². The van der Waals surface area contributed by atoms with E-state index >= 15 is 0 Å². The van der Waals surface area contributed by atoms with Crippen molar-refractivity contribution in [2.24, 2.45) is 7.05 Å². The summed E-state index contributed by atoms with van der Waals surface area (Å²) in [6.45, 7) is 3.89. The van der Waals surface area contributed by atoms with Crippen LogP contribution in [0.4, 0.5) is 18.9 Å². The maximum absolute atomic E-state index is 12.5. The van der Waals surface area contributed by atoms with Gasteiger partial charge in [-0.05, 0) is 30.2 Å². The molecule has 21 heavy (non-hydrogen) atoms. The standard InChI is InChI=1S/C14H16F3N3O/c1-8(2)12-11(18)13(20(3)19-12)21-10-6-4-9(5-7-10)14(15,16)17/h4-8H,18H2,1-3H3. The van der Waals surface area contributed by atoms with Crippen molar-refractivity contribution in [2.75, 3.05) is 5.73 Å². The topological polar surface area (TPSA) is 53.1 Å². The van der Waals surface area contributed by atoms with Crippen LogP contribution in [0.5, 0.6) is 11.6 Å². The van der Waals surface area contributed by atoms with Gasteiger partial charge in [0.05, 0.1) is 11.3 Å². The first-order valence-corrected chi connectivity index (χ1v) is 6.37. The van der Waals surface area contributed by atoms with E-state index in [0.29, 0.717) is 17.3 Å². The van der Waals surface area contributed by atoms with Gasteiger partial charge in [-0.15, -0.1) is 0 Å². The van der Waals surface area contributed by atoms with Gasteiger partial charge in [0.25, 0.3) is 0 Å². The quantitative estimate of drug-likeness (QED) is 0.934. The number of ether oxygens (including phenoxy) is 1. The number of benzene rings is 1. The summed E-state index contributed by atoms with van der Waals surface area (Å²) < 4.78 is 44.5. The summed E-state index contributed by atoms with van der Waals surface area (Å²) in [5.74, 6) is 0.715. The molecule has 0 spiro atoms. The van der Waals surface area contributed by atoms with Gasteiger partial charge in [-0.25, -0.2) is 4.68 Å². The highest BCUT2D eigenvalue weighted by Crippen LogP contribution is 2.34. The first kappa shape index (κ1) is 15.2. The maximum Gasteiger partial charge on any atom is 0.416 e. The lowest BCUT2D eigenvalue weighted by atomic mass is 10.1. The van der Waals surface area contributed by atoms with Crippen LogP contribution in [-0.4, -0.2) is 9.78 Å². The highest BCUT2D eigenvalue weighted by Gasteiger charge is 2.30. The maximum atomic E-state index is 12.5. The van der Waals surface area contributed by atoms with Crippen molar-refractivity contribution in [3.63, 3.8) is 0 Å². The molecule has 0 atom stereocenters. The van der Waals surface area contributed by atoms with Crippen LogP contribution in [0, 0.1) is 0 Å². The van der Waals surface area contributed by atoms with E-state index in [-0.39, 0.29) is 11.7 Å². The number of nitrogens with zero attached hydrogens (tertiary/aromatic N) is 2. The van der Waals surface area contributed by atoms with Crippen molar-refractivity contribution in [3.8, 4) is 11.6 Å². The van der Waals surface area contributed by atoms with Crippen molar-refractivity contribution < 1.29 is 17.9 Å². The third-order valence-electron chi connectivity index (χ3n) is 3.00. The van der Waals surface area contributed by atoms with Crippen LogP contribution in [0.1, 0.15) is 31.0 Å². The molecule has 4 nitrogen and oxygen atoms in total. The SMILES string of the molecule is CC(C)c1nn(C)c(Oc2ccc(C(F)(F)F)cc2)c1N. The van der Waals surface area contributed by atoms with Gasteiger partial charge in [-0.2, -0.15) is 18.3 Å². The van der Waals surface area contributed by atoms with Crippen molar-refractivity contribution in [1.29, 1.82) is 0 Å². The van der Waals surface area contributed by atoms with E-state index in [9.17, 15) is 13.2 Å². The average molecular weight is 299 g/mol. The minimum Gasteiger partial charge on any atom is -0.437 e. The van der Waals surface area contributed by atoms with Gasteiger partial charge in [0, 0.05) is 7.05 Å². The zero-order chi connectivity index (χ0) is 15.8. The van der Waals surface area contributed by atoms with Crippen LogP contribution < -0.4 is 10.5 Å². The molecule has 2 rings (SSSR count). The Morgan fingerprint density at radius 3 is 2.19 bits per heavy atom. The Balaban J connectivity index is 2.27. The van der Waals surface area contributed by atoms with E-state index in [4.69, 9.17) is 10.5 Å². The molecule has 7 heteroatoms. The predicted octanol–water partition coefficient (Wildman–Crippen LogP) is 3.94. The fourth-order valence-electron chi connectivity index (χ4n) is 1.92. The van der Waals surface area contributed by atoms with Crippen molar-refractivity contribution in [3.05, 3.63) is 35.5 Å². The van der Waals surface area contributed by atoms with E-state index in [1.807, 2.05) is 13.8 Å². The van der Waals surface area contributed by atoms with Crippen molar-refractivity contribution in [2.45, 2.75) is 25.9 Å². The second-order valence-electron chi connectivity index (χ2n) is 5.01. The molecule has 0 aliphatic carbocycles. The molecule has 0 saturated heterocycles. The summed E-state index contributed by atoms with van der Waals surface area (Å²) in [6.07, 6.45) is -4.37. The molecule has 0 aliphatic heterocycles. The molecule has 0 fully saturated rings. The smallest absolute Gasteiger partial charge is 0.416 e. The third-order valence-corrected chi connectivity index (χ3v) is 3.00. The molecule has 1 aromatic carbocycles. The number of halogens is 3. The minimum atomic E-state index is -4.37. The summed E-state index contributed by atoms with van der Waals surface area (Å²) >= 11 is 0. The molecule has 0 radical (unpaired) electrons. The summed E-state index contributed by atoms with van der Waals surface area (Å²) in [6, 6.07) is 4.44. The molecule has 2 aromatic rings. The second kappa shape index (κ2) is 5.31. The molecule has 2 N–H and O–H groups in total. The zero-order valence-corrected chi connectivity index (χ0v) is 11.9. The summed E-state index contributed by atoms with van der Waals surface area (Å²) in [7, 11) is 1.67. The number of nitrogen functional groups attached to an aromatic ring is 1. The number of nitrogens with two attached hydrogens (primary N) is 1. The number of alkyl halides is 3. The van der Waals surface area contributed by atoms with Gasteiger partial charge in [-0.3, -0.25) is 0 Å².